The second-order valence-corrected chi connectivity index (χ2v) is 6.43. The first-order valence-electron chi connectivity index (χ1n) is 8.35. The summed E-state index contributed by atoms with van der Waals surface area (Å²) in [4.78, 5) is 12.4. The van der Waals surface area contributed by atoms with Crippen molar-refractivity contribution in [3.8, 4) is 6.07 Å². The van der Waals surface area contributed by atoms with Crippen LogP contribution in [0.25, 0.3) is 10.9 Å². The number of carbonyl (C=O) groups excluding carboxylic acids is 1. The highest BCUT2D eigenvalue weighted by atomic mass is 19.4. The van der Waals surface area contributed by atoms with E-state index in [1.807, 2.05) is 0 Å². The van der Waals surface area contributed by atoms with E-state index in [1.165, 1.54) is 24.3 Å². The van der Waals surface area contributed by atoms with Gasteiger partial charge in [0.15, 0.2) is 0 Å². The predicted molar refractivity (Wildman–Crippen MR) is 95.8 cm³/mol. The van der Waals surface area contributed by atoms with E-state index in [0.29, 0.717) is 5.39 Å². The highest BCUT2D eigenvalue weighted by Gasteiger charge is 2.34. The van der Waals surface area contributed by atoms with Gasteiger partial charge < -0.3 is 9.88 Å². The SMILES string of the molecule is CC(Cn1ccc2cc(F)ccc21)C(=O)Nc1ccc(C#N)c(C(F)(F)F)c1. The summed E-state index contributed by atoms with van der Waals surface area (Å²) in [5.41, 5.74) is -0.898. The van der Waals surface area contributed by atoms with Gasteiger partial charge in [0, 0.05) is 29.3 Å². The standard InChI is InChI=1S/C20H15F4N3O/c1-12(11-27-7-6-13-8-15(21)3-5-18(13)27)19(28)26-16-4-2-14(10-25)17(9-16)20(22,23)24/h2-9,12H,11H2,1H3,(H,26,28). The Bertz CT molecular complexity index is 1080. The molecule has 1 amide bonds. The van der Waals surface area contributed by atoms with Crippen molar-refractivity contribution in [3.05, 3.63) is 65.6 Å². The molecule has 1 unspecified atom stereocenters. The van der Waals surface area contributed by atoms with E-state index in [1.54, 1.807) is 29.8 Å². The van der Waals surface area contributed by atoms with Crippen LogP contribution in [0.15, 0.2) is 48.7 Å². The smallest absolute Gasteiger partial charge is 0.347 e. The van der Waals surface area contributed by atoms with Crippen molar-refractivity contribution < 1.29 is 22.4 Å². The van der Waals surface area contributed by atoms with E-state index in [2.05, 4.69) is 5.32 Å². The maximum absolute atomic E-state index is 13.3. The Morgan fingerprint density at radius 2 is 1.96 bits per heavy atom. The quantitative estimate of drug-likeness (QED) is 0.642. The highest BCUT2D eigenvalue weighted by molar-refractivity contribution is 5.92. The third-order valence-corrected chi connectivity index (χ3v) is 4.36. The highest BCUT2D eigenvalue weighted by Crippen LogP contribution is 2.33. The zero-order valence-electron chi connectivity index (χ0n) is 14.7. The second kappa shape index (κ2) is 7.35. The van der Waals surface area contributed by atoms with Crippen molar-refractivity contribution in [2.75, 3.05) is 5.32 Å². The van der Waals surface area contributed by atoms with Crippen molar-refractivity contribution in [3.63, 3.8) is 0 Å². The van der Waals surface area contributed by atoms with Crippen molar-refractivity contribution >= 4 is 22.5 Å². The van der Waals surface area contributed by atoms with E-state index in [0.717, 1.165) is 17.6 Å². The fourth-order valence-corrected chi connectivity index (χ4v) is 2.93. The van der Waals surface area contributed by atoms with Crippen molar-refractivity contribution in [1.29, 1.82) is 5.26 Å². The van der Waals surface area contributed by atoms with E-state index in [4.69, 9.17) is 5.26 Å². The zero-order chi connectivity index (χ0) is 20.5. The van der Waals surface area contributed by atoms with Gasteiger partial charge in [-0.25, -0.2) is 4.39 Å². The van der Waals surface area contributed by atoms with Crippen LogP contribution in [0, 0.1) is 23.1 Å². The average Bonchev–Trinajstić information content (AvgIpc) is 3.02. The molecule has 0 aliphatic carbocycles. The van der Waals surface area contributed by atoms with Gasteiger partial charge in [0.1, 0.15) is 5.82 Å². The minimum atomic E-state index is -4.70. The molecule has 8 heteroatoms. The van der Waals surface area contributed by atoms with E-state index in [-0.39, 0.29) is 18.0 Å². The third kappa shape index (κ3) is 3.98. The molecule has 3 rings (SSSR count). The molecule has 0 radical (unpaired) electrons. The average molecular weight is 389 g/mol. The van der Waals surface area contributed by atoms with Gasteiger partial charge in [-0.3, -0.25) is 4.79 Å². The Morgan fingerprint density at radius 3 is 2.64 bits per heavy atom. The first kappa shape index (κ1) is 19.4. The molecular weight excluding hydrogens is 374 g/mol. The molecule has 144 valence electrons. The summed E-state index contributed by atoms with van der Waals surface area (Å²) < 4.78 is 54.2. The van der Waals surface area contributed by atoms with Crippen LogP contribution in [0.3, 0.4) is 0 Å². The molecule has 3 aromatic rings. The van der Waals surface area contributed by atoms with Crippen LogP contribution < -0.4 is 5.32 Å². The monoisotopic (exact) mass is 389 g/mol. The lowest BCUT2D eigenvalue weighted by molar-refractivity contribution is -0.137. The number of alkyl halides is 3. The Kier molecular flexibility index (Phi) is 5.10. The zero-order valence-corrected chi connectivity index (χ0v) is 14.7. The Labute approximate surface area is 158 Å². The molecule has 4 nitrogen and oxygen atoms in total. The minimum Gasteiger partial charge on any atom is -0.347 e. The summed E-state index contributed by atoms with van der Waals surface area (Å²) >= 11 is 0. The molecule has 0 saturated carbocycles. The summed E-state index contributed by atoms with van der Waals surface area (Å²) in [5.74, 6) is -1.40. The van der Waals surface area contributed by atoms with Gasteiger partial charge in [-0.1, -0.05) is 6.92 Å². The fourth-order valence-electron chi connectivity index (χ4n) is 2.93. The van der Waals surface area contributed by atoms with Crippen LogP contribution in [0.2, 0.25) is 0 Å². The van der Waals surface area contributed by atoms with Crippen LogP contribution in [0.5, 0.6) is 0 Å². The first-order chi connectivity index (χ1) is 13.2. The Hall–Kier alpha value is -3.34. The number of benzene rings is 2. The van der Waals surface area contributed by atoms with Crippen LogP contribution in [0.1, 0.15) is 18.1 Å². The molecule has 0 fully saturated rings. The van der Waals surface area contributed by atoms with Crippen LogP contribution >= 0.6 is 0 Å². The molecule has 0 bridgehead atoms. The largest absolute Gasteiger partial charge is 0.417 e. The summed E-state index contributed by atoms with van der Waals surface area (Å²) in [6, 6.07) is 10.5. The topological polar surface area (TPSA) is 57.8 Å². The molecule has 0 aliphatic heterocycles. The number of amides is 1. The number of anilines is 1. The van der Waals surface area contributed by atoms with E-state index >= 15 is 0 Å². The Morgan fingerprint density at radius 1 is 1.21 bits per heavy atom. The number of hydrogen-bond acceptors (Lipinski definition) is 2. The van der Waals surface area contributed by atoms with Crippen LogP contribution in [0.4, 0.5) is 23.2 Å². The molecule has 0 aliphatic rings. The van der Waals surface area contributed by atoms with Crippen molar-refractivity contribution in [1.82, 2.24) is 4.57 Å². The number of rotatable bonds is 4. The maximum atomic E-state index is 13.3. The third-order valence-electron chi connectivity index (χ3n) is 4.36. The van der Waals surface area contributed by atoms with E-state index < -0.39 is 29.1 Å². The van der Waals surface area contributed by atoms with Gasteiger partial charge in [-0.15, -0.1) is 0 Å². The van der Waals surface area contributed by atoms with Gasteiger partial charge >= 0.3 is 6.18 Å². The first-order valence-corrected chi connectivity index (χ1v) is 8.35. The normalized spacial score (nSPS) is 12.6. The lowest BCUT2D eigenvalue weighted by atomic mass is 10.1. The summed E-state index contributed by atoms with van der Waals surface area (Å²) in [6.45, 7) is 1.91. The predicted octanol–water partition coefficient (Wildman–Crippen LogP) is 4.95. The van der Waals surface area contributed by atoms with E-state index in [9.17, 15) is 22.4 Å². The number of aromatic nitrogens is 1. The number of fused-ring (bicyclic) bond motifs is 1. The molecule has 1 heterocycles. The summed E-state index contributed by atoms with van der Waals surface area (Å²) in [5, 5.41) is 12.0. The van der Waals surface area contributed by atoms with Crippen LogP contribution in [-0.4, -0.2) is 10.5 Å². The van der Waals surface area contributed by atoms with Gasteiger partial charge in [0.05, 0.1) is 23.1 Å². The second-order valence-electron chi connectivity index (χ2n) is 6.43. The molecule has 2 aromatic carbocycles. The lowest BCUT2D eigenvalue weighted by Gasteiger charge is -2.15. The number of hydrogen-bond donors (Lipinski definition) is 1. The van der Waals surface area contributed by atoms with Gasteiger partial charge in [-0.2, -0.15) is 18.4 Å². The molecule has 28 heavy (non-hydrogen) atoms. The number of nitrogens with one attached hydrogen (secondary N) is 1. The Balaban J connectivity index is 1.76. The molecular formula is C20H15F4N3O. The lowest BCUT2D eigenvalue weighted by Crippen LogP contribution is -2.24. The minimum absolute atomic E-state index is 0.0392. The van der Waals surface area contributed by atoms with Crippen molar-refractivity contribution in [2.24, 2.45) is 5.92 Å². The maximum Gasteiger partial charge on any atom is 0.417 e. The molecule has 0 saturated heterocycles. The summed E-state index contributed by atoms with van der Waals surface area (Å²) in [7, 11) is 0. The number of nitrogens with zero attached hydrogens (tertiary/aromatic N) is 2. The number of carbonyl (C=O) groups is 1. The van der Waals surface area contributed by atoms with Crippen molar-refractivity contribution in [2.45, 2.75) is 19.6 Å². The molecule has 1 aromatic heterocycles. The number of nitriles is 1. The summed E-state index contributed by atoms with van der Waals surface area (Å²) in [6.07, 6.45) is -2.98. The number of halogens is 4. The fraction of sp³-hybridized carbons (Fsp3) is 0.200. The van der Waals surface area contributed by atoms with Crippen LogP contribution in [-0.2, 0) is 17.5 Å². The molecule has 1 atom stereocenters. The van der Waals surface area contributed by atoms with Gasteiger partial charge in [-0.05, 0) is 42.5 Å². The molecule has 0 spiro atoms. The molecule has 1 N–H and O–H groups in total. The van der Waals surface area contributed by atoms with Gasteiger partial charge in [0.2, 0.25) is 5.91 Å². The van der Waals surface area contributed by atoms with Gasteiger partial charge in [0.25, 0.3) is 0 Å².